The van der Waals surface area contributed by atoms with E-state index in [9.17, 15) is 0 Å². The molecule has 4 rings (SSSR count). The van der Waals surface area contributed by atoms with Crippen molar-refractivity contribution in [1.29, 1.82) is 0 Å². The van der Waals surface area contributed by atoms with Gasteiger partial charge in [-0.3, -0.25) is 0 Å². The van der Waals surface area contributed by atoms with Crippen LogP contribution in [-0.4, -0.2) is 48.1 Å². The van der Waals surface area contributed by atoms with Crippen molar-refractivity contribution < 1.29 is 0 Å². The van der Waals surface area contributed by atoms with E-state index in [0.717, 1.165) is 59.4 Å². The van der Waals surface area contributed by atoms with Crippen LogP contribution in [0.15, 0.2) is 48.5 Å². The molecule has 26 heavy (non-hydrogen) atoms. The summed E-state index contributed by atoms with van der Waals surface area (Å²) >= 11 is 6.29. The highest BCUT2D eigenvalue weighted by molar-refractivity contribution is 6.31. The summed E-state index contributed by atoms with van der Waals surface area (Å²) in [6.45, 7) is 4.57. The molecule has 1 aromatic heterocycles. The second kappa shape index (κ2) is 7.48. The molecule has 0 amide bonds. The lowest BCUT2D eigenvalue weighted by Crippen LogP contribution is -2.45. The molecule has 0 bridgehead atoms. The molecule has 2 aromatic carbocycles. The number of piperazine rings is 1. The zero-order chi connectivity index (χ0) is 17.9. The number of nitrogens with one attached hydrogen (secondary N) is 1. The van der Waals surface area contributed by atoms with E-state index in [4.69, 9.17) is 21.6 Å². The third-order valence-electron chi connectivity index (χ3n) is 4.78. The number of hydrogen-bond donors (Lipinski definition) is 1. The fourth-order valence-electron chi connectivity index (χ4n) is 3.17. The highest BCUT2D eigenvalue weighted by atomic mass is 35.5. The Morgan fingerprint density at radius 1 is 0.962 bits per heavy atom. The molecule has 1 saturated heterocycles. The maximum atomic E-state index is 6.29. The van der Waals surface area contributed by atoms with Crippen molar-refractivity contribution in [3.8, 4) is 0 Å². The first-order valence-corrected chi connectivity index (χ1v) is 9.26. The van der Waals surface area contributed by atoms with Gasteiger partial charge in [-0.05, 0) is 30.8 Å². The summed E-state index contributed by atoms with van der Waals surface area (Å²) in [5.41, 5.74) is 2.01. The van der Waals surface area contributed by atoms with Gasteiger partial charge in [0.05, 0.1) is 5.52 Å². The third kappa shape index (κ3) is 3.59. The molecule has 6 heteroatoms. The summed E-state index contributed by atoms with van der Waals surface area (Å²) in [5, 5.41) is 5.25. The third-order valence-corrected chi connectivity index (χ3v) is 5.15. The Morgan fingerprint density at radius 2 is 1.69 bits per heavy atom. The molecule has 0 spiro atoms. The summed E-state index contributed by atoms with van der Waals surface area (Å²) in [6.07, 6.45) is 0. The Labute approximate surface area is 158 Å². The van der Waals surface area contributed by atoms with Gasteiger partial charge in [0, 0.05) is 43.1 Å². The standard InChI is InChI=1S/C20H22ClN5/c1-25-10-12-26(13-11-25)20-23-18-9-5-3-7-16(18)19(24-20)22-14-15-6-2-4-8-17(15)21/h2-9H,10-14H2,1H3,(H,22,23,24). The minimum atomic E-state index is 0.628. The lowest BCUT2D eigenvalue weighted by atomic mass is 10.2. The van der Waals surface area contributed by atoms with Gasteiger partial charge in [-0.15, -0.1) is 0 Å². The molecule has 1 N–H and O–H groups in total. The van der Waals surface area contributed by atoms with E-state index in [1.807, 2.05) is 42.5 Å². The van der Waals surface area contributed by atoms with E-state index in [1.165, 1.54) is 0 Å². The normalized spacial score (nSPS) is 15.4. The zero-order valence-electron chi connectivity index (χ0n) is 14.8. The van der Waals surface area contributed by atoms with Crippen LogP contribution in [0.1, 0.15) is 5.56 Å². The second-order valence-corrected chi connectivity index (χ2v) is 7.03. The molecular formula is C20H22ClN5. The summed E-state index contributed by atoms with van der Waals surface area (Å²) in [6, 6.07) is 16.0. The molecule has 1 aliphatic heterocycles. The zero-order valence-corrected chi connectivity index (χ0v) is 15.6. The predicted molar refractivity (Wildman–Crippen MR) is 108 cm³/mol. The minimum Gasteiger partial charge on any atom is -0.365 e. The molecule has 5 nitrogen and oxygen atoms in total. The van der Waals surface area contributed by atoms with Crippen LogP contribution in [0.2, 0.25) is 5.02 Å². The topological polar surface area (TPSA) is 44.3 Å². The molecule has 134 valence electrons. The highest BCUT2D eigenvalue weighted by Crippen LogP contribution is 2.25. The van der Waals surface area contributed by atoms with Gasteiger partial charge in [0.1, 0.15) is 5.82 Å². The Morgan fingerprint density at radius 3 is 2.50 bits per heavy atom. The van der Waals surface area contributed by atoms with Crippen LogP contribution in [0.3, 0.4) is 0 Å². The summed E-state index contributed by atoms with van der Waals surface area (Å²) in [5.74, 6) is 1.64. The van der Waals surface area contributed by atoms with Crippen molar-refractivity contribution in [2.24, 2.45) is 0 Å². The fraction of sp³-hybridized carbons (Fsp3) is 0.300. The van der Waals surface area contributed by atoms with E-state index < -0.39 is 0 Å². The first kappa shape index (κ1) is 17.1. The van der Waals surface area contributed by atoms with Crippen molar-refractivity contribution >= 4 is 34.3 Å². The van der Waals surface area contributed by atoms with Gasteiger partial charge in [-0.1, -0.05) is 41.9 Å². The Bertz CT molecular complexity index is 906. The van der Waals surface area contributed by atoms with Gasteiger partial charge < -0.3 is 15.1 Å². The summed E-state index contributed by atoms with van der Waals surface area (Å²) < 4.78 is 0. The maximum absolute atomic E-state index is 6.29. The number of anilines is 2. The van der Waals surface area contributed by atoms with Gasteiger partial charge in [-0.2, -0.15) is 4.98 Å². The first-order chi connectivity index (χ1) is 12.7. The van der Waals surface area contributed by atoms with E-state index in [-0.39, 0.29) is 0 Å². The molecule has 1 aliphatic rings. The van der Waals surface area contributed by atoms with Crippen molar-refractivity contribution in [1.82, 2.24) is 14.9 Å². The number of rotatable bonds is 4. The maximum Gasteiger partial charge on any atom is 0.227 e. The number of nitrogens with zero attached hydrogens (tertiary/aromatic N) is 4. The molecule has 0 atom stereocenters. The fourth-order valence-corrected chi connectivity index (χ4v) is 3.37. The number of likely N-dealkylation sites (N-methyl/N-ethyl adjacent to an activating group) is 1. The number of para-hydroxylation sites is 1. The van der Waals surface area contributed by atoms with Crippen molar-refractivity contribution in [2.45, 2.75) is 6.54 Å². The molecule has 0 saturated carbocycles. The molecular weight excluding hydrogens is 346 g/mol. The Balaban J connectivity index is 1.65. The van der Waals surface area contributed by atoms with Gasteiger partial charge >= 0.3 is 0 Å². The Hall–Kier alpha value is -2.37. The molecule has 0 radical (unpaired) electrons. The predicted octanol–water partition coefficient (Wildman–Crippen LogP) is 3.65. The smallest absolute Gasteiger partial charge is 0.227 e. The number of aromatic nitrogens is 2. The van der Waals surface area contributed by atoms with Crippen LogP contribution in [0.25, 0.3) is 10.9 Å². The lowest BCUT2D eigenvalue weighted by Gasteiger charge is -2.32. The number of benzene rings is 2. The molecule has 1 fully saturated rings. The Kier molecular flexibility index (Phi) is 4.91. The lowest BCUT2D eigenvalue weighted by molar-refractivity contribution is 0.311. The quantitative estimate of drug-likeness (QED) is 0.762. The van der Waals surface area contributed by atoms with Gasteiger partial charge in [-0.25, -0.2) is 4.98 Å². The van der Waals surface area contributed by atoms with Crippen LogP contribution in [0.4, 0.5) is 11.8 Å². The number of fused-ring (bicyclic) bond motifs is 1. The summed E-state index contributed by atoms with van der Waals surface area (Å²) in [7, 11) is 2.15. The van der Waals surface area contributed by atoms with E-state index in [2.05, 4.69) is 28.2 Å². The number of hydrogen-bond acceptors (Lipinski definition) is 5. The molecule has 0 unspecified atom stereocenters. The molecule has 2 heterocycles. The van der Waals surface area contributed by atoms with Crippen LogP contribution >= 0.6 is 11.6 Å². The summed E-state index contributed by atoms with van der Waals surface area (Å²) in [4.78, 5) is 14.2. The van der Waals surface area contributed by atoms with E-state index >= 15 is 0 Å². The van der Waals surface area contributed by atoms with Crippen LogP contribution in [0.5, 0.6) is 0 Å². The highest BCUT2D eigenvalue weighted by Gasteiger charge is 2.18. The van der Waals surface area contributed by atoms with Crippen LogP contribution in [-0.2, 0) is 6.54 Å². The average Bonchev–Trinajstić information content (AvgIpc) is 2.67. The first-order valence-electron chi connectivity index (χ1n) is 8.88. The van der Waals surface area contributed by atoms with E-state index in [0.29, 0.717) is 6.54 Å². The SMILES string of the molecule is CN1CCN(c2nc(NCc3ccccc3Cl)c3ccccc3n2)CC1. The average molecular weight is 368 g/mol. The molecule has 3 aromatic rings. The minimum absolute atomic E-state index is 0.628. The van der Waals surface area contributed by atoms with Gasteiger partial charge in [0.15, 0.2) is 0 Å². The van der Waals surface area contributed by atoms with Crippen molar-refractivity contribution in [2.75, 3.05) is 43.4 Å². The van der Waals surface area contributed by atoms with Crippen LogP contribution in [0, 0.1) is 0 Å². The molecule has 0 aliphatic carbocycles. The van der Waals surface area contributed by atoms with Gasteiger partial charge in [0.25, 0.3) is 0 Å². The largest absolute Gasteiger partial charge is 0.365 e. The monoisotopic (exact) mass is 367 g/mol. The van der Waals surface area contributed by atoms with Crippen molar-refractivity contribution in [3.05, 3.63) is 59.1 Å². The van der Waals surface area contributed by atoms with Crippen molar-refractivity contribution in [3.63, 3.8) is 0 Å². The van der Waals surface area contributed by atoms with Gasteiger partial charge in [0.2, 0.25) is 5.95 Å². The van der Waals surface area contributed by atoms with E-state index in [1.54, 1.807) is 0 Å². The van der Waals surface area contributed by atoms with Crippen LogP contribution < -0.4 is 10.2 Å². The number of halogens is 1. The second-order valence-electron chi connectivity index (χ2n) is 6.62.